The van der Waals surface area contributed by atoms with Gasteiger partial charge in [0, 0.05) is 28.9 Å². The van der Waals surface area contributed by atoms with Gasteiger partial charge in [-0.1, -0.05) is 36.4 Å². The number of esters is 1. The maximum Gasteiger partial charge on any atom is 0.311 e. The number of rotatable bonds is 8. The van der Waals surface area contributed by atoms with Crippen LogP contribution in [0.15, 0.2) is 72.9 Å². The van der Waals surface area contributed by atoms with Gasteiger partial charge in [0.15, 0.2) is 0 Å². The summed E-state index contributed by atoms with van der Waals surface area (Å²) in [5.74, 6) is -1.34. The molecule has 0 saturated carbocycles. The number of hydrogen-bond donors (Lipinski definition) is 3. The molecular weight excluding hydrogens is 404 g/mol. The van der Waals surface area contributed by atoms with Gasteiger partial charge in [-0.15, -0.1) is 0 Å². The molecule has 0 aliphatic rings. The number of nitrogens with zero attached hydrogens (tertiary/aromatic N) is 1. The summed E-state index contributed by atoms with van der Waals surface area (Å²) < 4.78 is 4.97. The molecule has 2 unspecified atom stereocenters. The van der Waals surface area contributed by atoms with E-state index in [1.165, 1.54) is 7.11 Å². The van der Waals surface area contributed by atoms with E-state index in [-0.39, 0.29) is 11.7 Å². The first-order valence-electron chi connectivity index (χ1n) is 10.2. The number of pyridine rings is 1. The zero-order valence-electron chi connectivity index (χ0n) is 18.0. The van der Waals surface area contributed by atoms with Crippen LogP contribution in [0.2, 0.25) is 0 Å². The fourth-order valence-corrected chi connectivity index (χ4v) is 3.45. The van der Waals surface area contributed by atoms with E-state index < -0.39 is 17.9 Å². The zero-order chi connectivity index (χ0) is 23.1. The van der Waals surface area contributed by atoms with E-state index in [1.54, 1.807) is 43.5 Å². The smallest absolute Gasteiger partial charge is 0.311 e. The highest BCUT2D eigenvalue weighted by molar-refractivity contribution is 5.95. The second-order valence-electron chi connectivity index (χ2n) is 7.50. The van der Waals surface area contributed by atoms with Gasteiger partial charge < -0.3 is 15.8 Å². The lowest BCUT2D eigenvalue weighted by Crippen LogP contribution is -2.42. The Hall–Kier alpha value is -4.00. The highest BCUT2D eigenvalue weighted by atomic mass is 16.5. The zero-order valence-corrected chi connectivity index (χ0v) is 18.0. The van der Waals surface area contributed by atoms with Crippen LogP contribution < -0.4 is 11.1 Å². The van der Waals surface area contributed by atoms with Crippen molar-refractivity contribution in [3.05, 3.63) is 89.6 Å². The Morgan fingerprint density at radius 1 is 1.06 bits per heavy atom. The van der Waals surface area contributed by atoms with E-state index in [2.05, 4.69) is 10.3 Å². The number of ether oxygens (including phenoxy) is 1. The Labute approximate surface area is 187 Å². The summed E-state index contributed by atoms with van der Waals surface area (Å²) in [4.78, 5) is 29.5. The Bertz CT molecular complexity index is 1100. The van der Waals surface area contributed by atoms with Gasteiger partial charge in [-0.2, -0.15) is 0 Å². The SMILES string of the molecule is COC(=O)C(Cc1cccc(C(=N)N)c1)C(C)NC(=O)c1ccc(-c2ccccn2)cc1. The third-order valence-corrected chi connectivity index (χ3v) is 5.27. The van der Waals surface area contributed by atoms with Crippen molar-refractivity contribution in [3.63, 3.8) is 0 Å². The van der Waals surface area contributed by atoms with Crippen molar-refractivity contribution in [2.45, 2.75) is 19.4 Å². The molecule has 0 spiro atoms. The molecular formula is C25H26N4O3. The first kappa shape index (κ1) is 22.7. The van der Waals surface area contributed by atoms with Gasteiger partial charge in [0.05, 0.1) is 18.7 Å². The van der Waals surface area contributed by atoms with Crippen LogP contribution in [0.25, 0.3) is 11.3 Å². The molecule has 0 radical (unpaired) electrons. The molecule has 1 amide bonds. The average molecular weight is 431 g/mol. The summed E-state index contributed by atoms with van der Waals surface area (Å²) in [6, 6.07) is 19.5. The molecule has 1 aromatic heterocycles. The summed E-state index contributed by atoms with van der Waals surface area (Å²) in [5.41, 5.74) is 9.20. The van der Waals surface area contributed by atoms with Crippen LogP contribution in [0.3, 0.4) is 0 Å². The van der Waals surface area contributed by atoms with Crippen LogP contribution >= 0.6 is 0 Å². The second kappa shape index (κ2) is 10.3. The summed E-state index contributed by atoms with van der Waals surface area (Å²) >= 11 is 0. The van der Waals surface area contributed by atoms with E-state index in [0.717, 1.165) is 16.8 Å². The number of benzene rings is 2. The normalized spacial score (nSPS) is 12.4. The van der Waals surface area contributed by atoms with Crippen LogP contribution in [-0.4, -0.2) is 35.8 Å². The lowest BCUT2D eigenvalue weighted by Gasteiger charge is -2.23. The lowest BCUT2D eigenvalue weighted by molar-refractivity contribution is -0.146. The lowest BCUT2D eigenvalue weighted by atomic mass is 9.92. The summed E-state index contributed by atoms with van der Waals surface area (Å²) in [6.07, 6.45) is 2.06. The van der Waals surface area contributed by atoms with E-state index >= 15 is 0 Å². The average Bonchev–Trinajstić information content (AvgIpc) is 2.82. The summed E-state index contributed by atoms with van der Waals surface area (Å²) in [5, 5.41) is 10.5. The predicted molar refractivity (Wildman–Crippen MR) is 123 cm³/mol. The van der Waals surface area contributed by atoms with Crippen molar-refractivity contribution in [3.8, 4) is 11.3 Å². The Kier molecular flexibility index (Phi) is 7.33. The van der Waals surface area contributed by atoms with E-state index in [1.807, 2.05) is 36.4 Å². The molecule has 4 N–H and O–H groups in total. The molecule has 7 heteroatoms. The maximum atomic E-state index is 12.8. The largest absolute Gasteiger partial charge is 0.469 e. The third-order valence-electron chi connectivity index (χ3n) is 5.27. The fraction of sp³-hybridized carbons (Fsp3) is 0.200. The molecule has 0 saturated heterocycles. The number of amides is 1. The molecule has 3 rings (SSSR count). The molecule has 1 heterocycles. The first-order valence-corrected chi connectivity index (χ1v) is 10.2. The molecule has 2 aromatic carbocycles. The van der Waals surface area contributed by atoms with Crippen molar-refractivity contribution >= 4 is 17.7 Å². The van der Waals surface area contributed by atoms with Crippen LogP contribution in [-0.2, 0) is 16.0 Å². The minimum atomic E-state index is -0.598. The van der Waals surface area contributed by atoms with Crippen LogP contribution in [0.1, 0.15) is 28.4 Å². The topological polar surface area (TPSA) is 118 Å². The minimum Gasteiger partial charge on any atom is -0.469 e. The maximum absolute atomic E-state index is 12.8. The number of aromatic nitrogens is 1. The van der Waals surface area contributed by atoms with E-state index in [4.69, 9.17) is 15.9 Å². The molecule has 164 valence electrons. The number of carbonyl (C=O) groups is 2. The molecule has 32 heavy (non-hydrogen) atoms. The number of nitrogens with one attached hydrogen (secondary N) is 2. The number of methoxy groups -OCH3 is 1. The molecule has 0 aliphatic heterocycles. The fourth-order valence-electron chi connectivity index (χ4n) is 3.45. The van der Waals surface area contributed by atoms with Crippen molar-refractivity contribution in [1.29, 1.82) is 5.41 Å². The summed E-state index contributed by atoms with van der Waals surface area (Å²) in [7, 11) is 1.33. The quantitative estimate of drug-likeness (QED) is 0.288. The van der Waals surface area contributed by atoms with Gasteiger partial charge in [0.2, 0.25) is 0 Å². The second-order valence-corrected chi connectivity index (χ2v) is 7.50. The van der Waals surface area contributed by atoms with Gasteiger partial charge in [0.25, 0.3) is 5.91 Å². The van der Waals surface area contributed by atoms with Crippen molar-refractivity contribution in [1.82, 2.24) is 10.3 Å². The third kappa shape index (κ3) is 5.57. The Morgan fingerprint density at radius 2 is 1.81 bits per heavy atom. The van der Waals surface area contributed by atoms with Gasteiger partial charge in [0.1, 0.15) is 5.84 Å². The number of carbonyl (C=O) groups excluding carboxylic acids is 2. The number of amidine groups is 1. The predicted octanol–water partition coefficient (Wildman–Crippen LogP) is 3.18. The van der Waals surface area contributed by atoms with Gasteiger partial charge in [-0.25, -0.2) is 0 Å². The van der Waals surface area contributed by atoms with Crippen LogP contribution in [0, 0.1) is 11.3 Å². The minimum absolute atomic E-state index is 0.0445. The van der Waals surface area contributed by atoms with Gasteiger partial charge in [-0.05, 0) is 49.2 Å². The highest BCUT2D eigenvalue weighted by Crippen LogP contribution is 2.19. The Balaban J connectivity index is 1.72. The van der Waals surface area contributed by atoms with E-state index in [9.17, 15) is 9.59 Å². The highest BCUT2D eigenvalue weighted by Gasteiger charge is 2.28. The van der Waals surface area contributed by atoms with Crippen molar-refractivity contribution < 1.29 is 14.3 Å². The number of nitrogen functional groups attached to an aromatic ring is 1. The molecule has 3 aromatic rings. The molecule has 0 bridgehead atoms. The van der Waals surface area contributed by atoms with Gasteiger partial charge in [-0.3, -0.25) is 20.0 Å². The molecule has 2 atom stereocenters. The van der Waals surface area contributed by atoms with E-state index in [0.29, 0.717) is 17.5 Å². The van der Waals surface area contributed by atoms with Crippen molar-refractivity contribution in [2.75, 3.05) is 7.11 Å². The van der Waals surface area contributed by atoms with Crippen LogP contribution in [0.4, 0.5) is 0 Å². The van der Waals surface area contributed by atoms with Crippen LogP contribution in [0.5, 0.6) is 0 Å². The Morgan fingerprint density at radius 3 is 2.44 bits per heavy atom. The molecule has 7 nitrogen and oxygen atoms in total. The van der Waals surface area contributed by atoms with Crippen molar-refractivity contribution in [2.24, 2.45) is 11.7 Å². The first-order chi connectivity index (χ1) is 15.4. The molecule has 0 fully saturated rings. The standard InChI is InChI=1S/C25H26N4O3/c1-16(21(25(31)32-2)15-17-6-5-7-20(14-17)23(26)27)29-24(30)19-11-9-18(10-12-19)22-8-3-4-13-28-22/h3-14,16,21H,15H2,1-2H3,(H3,26,27)(H,29,30). The number of hydrogen-bond acceptors (Lipinski definition) is 5. The number of nitrogens with two attached hydrogens (primary N) is 1. The summed E-state index contributed by atoms with van der Waals surface area (Å²) in [6.45, 7) is 1.77. The van der Waals surface area contributed by atoms with Gasteiger partial charge >= 0.3 is 5.97 Å². The monoisotopic (exact) mass is 430 g/mol. The molecule has 0 aliphatic carbocycles.